The first-order valence-electron chi connectivity index (χ1n) is 7.47. The number of carbonyl (C=O) groups is 2. The lowest BCUT2D eigenvalue weighted by molar-refractivity contribution is -0.141. The molecule has 0 radical (unpaired) electrons. The number of benzene rings is 2. The Morgan fingerprint density at radius 3 is 2.43 bits per heavy atom. The van der Waals surface area contributed by atoms with Crippen LogP contribution in [0.15, 0.2) is 54.6 Å². The van der Waals surface area contributed by atoms with Crippen LogP contribution in [0.1, 0.15) is 6.42 Å². The molecule has 23 heavy (non-hydrogen) atoms. The van der Waals surface area contributed by atoms with Gasteiger partial charge in [0.15, 0.2) is 6.61 Å². The minimum Gasteiger partial charge on any atom is -0.484 e. The highest BCUT2D eigenvalue weighted by atomic mass is 16.5. The van der Waals surface area contributed by atoms with Crippen LogP contribution in [-0.2, 0) is 14.3 Å². The van der Waals surface area contributed by atoms with Gasteiger partial charge >= 0.3 is 5.97 Å². The molecule has 1 heterocycles. The molecule has 2 aromatic carbocycles. The van der Waals surface area contributed by atoms with Gasteiger partial charge < -0.3 is 14.8 Å². The first kappa shape index (κ1) is 15.1. The summed E-state index contributed by atoms with van der Waals surface area (Å²) in [5.74, 6) is -0.111. The largest absolute Gasteiger partial charge is 0.484 e. The van der Waals surface area contributed by atoms with Gasteiger partial charge in [0.05, 0.1) is 6.61 Å². The van der Waals surface area contributed by atoms with E-state index >= 15 is 0 Å². The van der Waals surface area contributed by atoms with Crippen molar-refractivity contribution in [2.24, 2.45) is 0 Å². The van der Waals surface area contributed by atoms with Gasteiger partial charge in [0.2, 0.25) is 0 Å². The second kappa shape index (κ2) is 6.96. The van der Waals surface area contributed by atoms with Crippen LogP contribution in [0.2, 0.25) is 0 Å². The van der Waals surface area contributed by atoms with Crippen molar-refractivity contribution < 1.29 is 19.1 Å². The molecule has 0 bridgehead atoms. The molecular weight excluding hydrogens is 294 g/mol. The molecule has 1 aliphatic rings. The van der Waals surface area contributed by atoms with Crippen molar-refractivity contribution >= 4 is 11.9 Å². The Balaban J connectivity index is 1.52. The van der Waals surface area contributed by atoms with Crippen LogP contribution in [0.5, 0.6) is 5.75 Å². The third kappa shape index (κ3) is 3.88. The number of amides is 1. The predicted molar refractivity (Wildman–Crippen MR) is 84.9 cm³/mol. The molecule has 1 atom stereocenters. The average molecular weight is 311 g/mol. The highest BCUT2D eigenvalue weighted by molar-refractivity contribution is 5.86. The Morgan fingerprint density at radius 1 is 1.09 bits per heavy atom. The quantitative estimate of drug-likeness (QED) is 0.860. The molecule has 0 aliphatic carbocycles. The van der Waals surface area contributed by atoms with Gasteiger partial charge in [0.25, 0.3) is 5.91 Å². The van der Waals surface area contributed by atoms with Crippen LogP contribution in [0, 0.1) is 0 Å². The molecule has 0 saturated carbocycles. The Bertz CT molecular complexity index is 682. The van der Waals surface area contributed by atoms with Gasteiger partial charge in [-0.3, -0.25) is 4.79 Å². The van der Waals surface area contributed by atoms with Crippen molar-refractivity contribution in [1.82, 2.24) is 5.32 Å². The lowest BCUT2D eigenvalue weighted by Crippen LogP contribution is -2.40. The first-order valence-corrected chi connectivity index (χ1v) is 7.47. The summed E-state index contributed by atoms with van der Waals surface area (Å²) >= 11 is 0. The Morgan fingerprint density at radius 2 is 1.78 bits per heavy atom. The molecule has 3 rings (SSSR count). The molecule has 1 saturated heterocycles. The predicted octanol–water partition coefficient (Wildman–Crippen LogP) is 2.16. The minimum absolute atomic E-state index is 0.130. The van der Waals surface area contributed by atoms with Crippen molar-refractivity contribution in [1.29, 1.82) is 0 Å². The zero-order chi connectivity index (χ0) is 16.1. The smallest absolute Gasteiger partial charge is 0.328 e. The number of rotatable bonds is 5. The fourth-order valence-electron chi connectivity index (χ4n) is 2.39. The fourth-order valence-corrected chi connectivity index (χ4v) is 2.39. The van der Waals surface area contributed by atoms with Crippen LogP contribution in [-0.4, -0.2) is 31.1 Å². The van der Waals surface area contributed by atoms with E-state index in [4.69, 9.17) is 9.47 Å². The maximum Gasteiger partial charge on any atom is 0.328 e. The highest BCUT2D eigenvalue weighted by Crippen LogP contribution is 2.21. The van der Waals surface area contributed by atoms with Crippen molar-refractivity contribution in [3.8, 4) is 16.9 Å². The number of hydrogen-bond donors (Lipinski definition) is 1. The number of nitrogens with one attached hydrogen (secondary N) is 1. The molecule has 5 heteroatoms. The SMILES string of the molecule is O=C(COc1ccc(-c2ccccc2)cc1)N[C@@H]1CCOC1=O. The van der Waals surface area contributed by atoms with E-state index in [1.54, 1.807) is 0 Å². The summed E-state index contributed by atoms with van der Waals surface area (Å²) in [6.07, 6.45) is 0.510. The minimum atomic E-state index is -0.549. The summed E-state index contributed by atoms with van der Waals surface area (Å²) in [7, 11) is 0. The molecule has 118 valence electrons. The van der Waals surface area contributed by atoms with Crippen LogP contribution >= 0.6 is 0 Å². The van der Waals surface area contributed by atoms with E-state index in [1.165, 1.54) is 0 Å². The van der Waals surface area contributed by atoms with Crippen LogP contribution in [0.3, 0.4) is 0 Å². The summed E-state index contributed by atoms with van der Waals surface area (Å²) < 4.78 is 10.2. The van der Waals surface area contributed by atoms with E-state index in [2.05, 4.69) is 5.32 Å². The number of esters is 1. The lowest BCUT2D eigenvalue weighted by atomic mass is 10.1. The molecule has 0 aromatic heterocycles. The third-order valence-electron chi connectivity index (χ3n) is 3.60. The van der Waals surface area contributed by atoms with Crippen LogP contribution < -0.4 is 10.1 Å². The topological polar surface area (TPSA) is 64.6 Å². The fraction of sp³-hybridized carbons (Fsp3) is 0.222. The normalized spacial score (nSPS) is 16.7. The molecule has 0 unspecified atom stereocenters. The van der Waals surface area contributed by atoms with E-state index in [0.29, 0.717) is 18.8 Å². The highest BCUT2D eigenvalue weighted by Gasteiger charge is 2.27. The van der Waals surface area contributed by atoms with E-state index in [0.717, 1.165) is 11.1 Å². The van der Waals surface area contributed by atoms with E-state index < -0.39 is 6.04 Å². The summed E-state index contributed by atoms with van der Waals surface area (Å²) in [4.78, 5) is 23.0. The summed E-state index contributed by atoms with van der Waals surface area (Å²) in [6.45, 7) is 0.222. The number of carbonyl (C=O) groups excluding carboxylic acids is 2. The molecular formula is C18H17NO4. The second-order valence-corrected chi connectivity index (χ2v) is 5.26. The summed E-state index contributed by atoms with van der Waals surface area (Å²) in [5, 5.41) is 2.60. The summed E-state index contributed by atoms with van der Waals surface area (Å²) in [5.41, 5.74) is 2.20. The van der Waals surface area contributed by atoms with Crippen molar-refractivity contribution in [3.05, 3.63) is 54.6 Å². The van der Waals surface area contributed by atoms with E-state index in [9.17, 15) is 9.59 Å². The van der Waals surface area contributed by atoms with Gasteiger partial charge in [-0.25, -0.2) is 4.79 Å². The van der Waals surface area contributed by atoms with Crippen LogP contribution in [0.4, 0.5) is 0 Å². The zero-order valence-corrected chi connectivity index (χ0v) is 12.5. The molecule has 1 fully saturated rings. The maximum absolute atomic E-state index is 11.8. The lowest BCUT2D eigenvalue weighted by Gasteiger charge is -2.10. The van der Waals surface area contributed by atoms with E-state index in [-0.39, 0.29) is 18.5 Å². The van der Waals surface area contributed by atoms with Crippen molar-refractivity contribution in [2.45, 2.75) is 12.5 Å². The number of hydrogen-bond acceptors (Lipinski definition) is 4. The van der Waals surface area contributed by atoms with Crippen LogP contribution in [0.25, 0.3) is 11.1 Å². The van der Waals surface area contributed by atoms with Gasteiger partial charge in [-0.1, -0.05) is 42.5 Å². The summed E-state index contributed by atoms with van der Waals surface area (Å²) in [6, 6.07) is 17.0. The third-order valence-corrected chi connectivity index (χ3v) is 3.60. The standard InChI is InChI=1S/C18H17NO4/c20-17(19-16-10-11-22-18(16)21)12-23-15-8-6-14(7-9-15)13-4-2-1-3-5-13/h1-9,16H,10-12H2,(H,19,20)/t16-/m1/s1. The second-order valence-electron chi connectivity index (χ2n) is 5.26. The van der Waals surface area contributed by atoms with Gasteiger partial charge in [-0.2, -0.15) is 0 Å². The van der Waals surface area contributed by atoms with Gasteiger partial charge in [-0.15, -0.1) is 0 Å². The average Bonchev–Trinajstić information content (AvgIpc) is 2.99. The molecule has 2 aromatic rings. The van der Waals surface area contributed by atoms with Gasteiger partial charge in [-0.05, 0) is 23.3 Å². The Hall–Kier alpha value is -2.82. The van der Waals surface area contributed by atoms with E-state index in [1.807, 2.05) is 54.6 Å². The Labute approximate surface area is 134 Å². The first-order chi connectivity index (χ1) is 11.2. The van der Waals surface area contributed by atoms with Crippen molar-refractivity contribution in [2.75, 3.05) is 13.2 Å². The Kier molecular flexibility index (Phi) is 4.57. The molecule has 1 N–H and O–H groups in total. The monoisotopic (exact) mass is 311 g/mol. The number of cyclic esters (lactones) is 1. The molecule has 1 amide bonds. The van der Waals surface area contributed by atoms with Gasteiger partial charge in [0, 0.05) is 6.42 Å². The molecule has 1 aliphatic heterocycles. The van der Waals surface area contributed by atoms with Crippen molar-refractivity contribution in [3.63, 3.8) is 0 Å². The maximum atomic E-state index is 11.8. The molecule has 5 nitrogen and oxygen atoms in total. The van der Waals surface area contributed by atoms with Gasteiger partial charge in [0.1, 0.15) is 11.8 Å². The molecule has 0 spiro atoms. The number of ether oxygens (including phenoxy) is 2. The zero-order valence-electron chi connectivity index (χ0n) is 12.5.